The van der Waals surface area contributed by atoms with Crippen molar-refractivity contribution in [1.29, 1.82) is 0 Å². The first kappa shape index (κ1) is 28.3. The molecule has 0 aliphatic rings. The molecule has 0 radical (unpaired) electrons. The van der Waals surface area contributed by atoms with E-state index < -0.39 is 5.97 Å². The van der Waals surface area contributed by atoms with Crippen LogP contribution in [0.3, 0.4) is 0 Å². The minimum atomic E-state index is -0.406. The van der Waals surface area contributed by atoms with Gasteiger partial charge >= 0.3 is 5.97 Å². The summed E-state index contributed by atoms with van der Waals surface area (Å²) in [5, 5.41) is 9.00. The van der Waals surface area contributed by atoms with Gasteiger partial charge in [0.2, 0.25) is 0 Å². The molecule has 196 valence electrons. The second-order valence-electron chi connectivity index (χ2n) is 9.52. The third-order valence-corrected chi connectivity index (χ3v) is 6.73. The molecule has 0 amide bonds. The number of carbonyl (C=O) groups excluding carboxylic acids is 1. The number of halogens is 1. The minimum Gasteiger partial charge on any atom is -0.462 e. The number of hydrogen-bond acceptors (Lipinski definition) is 3. The van der Waals surface area contributed by atoms with Crippen molar-refractivity contribution in [2.75, 3.05) is 13.2 Å². The summed E-state index contributed by atoms with van der Waals surface area (Å²) < 4.78 is 20.3. The van der Waals surface area contributed by atoms with E-state index in [1.165, 1.54) is 35.6 Å². The average Bonchev–Trinajstić information content (AvgIpc) is 2.92. The molecule has 3 aromatic rings. The largest absolute Gasteiger partial charge is 0.462 e. The van der Waals surface area contributed by atoms with Crippen LogP contribution in [0.2, 0.25) is 0 Å². The standard InChI is InChI=1S/C33H39FO3/c1-3-5-6-8-26-12-15-28(30(23-26)20-22-37-33(36)4-2)16-13-27-14-19-31(32(34)24-27)29-17-10-25(11-18-29)9-7-21-35/h4,10-12,14-15,17-19,23-24,35H,2-3,5-9,13,16,20-22H2,1H3. The monoisotopic (exact) mass is 502 g/mol. The molecule has 3 aromatic carbocycles. The Morgan fingerprint density at radius 2 is 1.54 bits per heavy atom. The van der Waals surface area contributed by atoms with E-state index in [1.54, 1.807) is 6.07 Å². The van der Waals surface area contributed by atoms with Crippen LogP contribution >= 0.6 is 0 Å². The van der Waals surface area contributed by atoms with Gasteiger partial charge < -0.3 is 9.84 Å². The van der Waals surface area contributed by atoms with E-state index in [0.29, 0.717) is 18.6 Å². The number of esters is 1. The molecule has 3 nitrogen and oxygen atoms in total. The van der Waals surface area contributed by atoms with Crippen LogP contribution < -0.4 is 0 Å². The smallest absolute Gasteiger partial charge is 0.330 e. The number of rotatable bonds is 15. The van der Waals surface area contributed by atoms with Gasteiger partial charge in [-0.05, 0) is 78.0 Å². The van der Waals surface area contributed by atoms with Crippen LogP contribution in [0.4, 0.5) is 4.39 Å². The fraction of sp³-hybridized carbons (Fsp3) is 0.364. The highest BCUT2D eigenvalue weighted by molar-refractivity contribution is 5.81. The average molecular weight is 503 g/mol. The fourth-order valence-electron chi connectivity index (χ4n) is 4.57. The highest BCUT2D eigenvalue weighted by Crippen LogP contribution is 2.25. The third-order valence-electron chi connectivity index (χ3n) is 6.73. The highest BCUT2D eigenvalue weighted by atomic mass is 19.1. The van der Waals surface area contributed by atoms with Crippen molar-refractivity contribution in [3.05, 3.63) is 107 Å². The molecule has 0 unspecified atom stereocenters. The molecule has 37 heavy (non-hydrogen) atoms. The first-order chi connectivity index (χ1) is 18.0. The summed E-state index contributed by atoms with van der Waals surface area (Å²) in [6.45, 7) is 6.15. The molecule has 0 saturated carbocycles. The lowest BCUT2D eigenvalue weighted by Gasteiger charge is -2.13. The topological polar surface area (TPSA) is 46.5 Å². The van der Waals surface area contributed by atoms with Crippen LogP contribution in [-0.4, -0.2) is 24.3 Å². The molecule has 0 heterocycles. The first-order valence-corrected chi connectivity index (χ1v) is 13.4. The zero-order valence-electron chi connectivity index (χ0n) is 22.0. The van der Waals surface area contributed by atoms with E-state index in [9.17, 15) is 4.79 Å². The number of carbonyl (C=O) groups is 1. The molecule has 1 N–H and O–H groups in total. The van der Waals surface area contributed by atoms with E-state index in [2.05, 4.69) is 31.7 Å². The number of aliphatic hydroxyl groups is 1. The predicted molar refractivity (Wildman–Crippen MR) is 149 cm³/mol. The maximum Gasteiger partial charge on any atom is 0.330 e. The Labute approximate surface area is 221 Å². The van der Waals surface area contributed by atoms with E-state index in [0.717, 1.165) is 55.2 Å². The van der Waals surface area contributed by atoms with Gasteiger partial charge in [0.05, 0.1) is 6.61 Å². The molecule has 0 spiro atoms. The lowest BCUT2D eigenvalue weighted by atomic mass is 9.94. The summed E-state index contributed by atoms with van der Waals surface area (Å²) in [4.78, 5) is 11.5. The normalized spacial score (nSPS) is 10.9. The molecular formula is C33H39FO3. The summed E-state index contributed by atoms with van der Waals surface area (Å²) in [5.74, 6) is -0.626. The Kier molecular flexibility index (Phi) is 11.6. The van der Waals surface area contributed by atoms with E-state index in [-0.39, 0.29) is 12.4 Å². The second kappa shape index (κ2) is 15.1. The van der Waals surface area contributed by atoms with Crippen LogP contribution in [-0.2, 0) is 41.6 Å². The number of aryl methyl sites for hydroxylation is 4. The lowest BCUT2D eigenvalue weighted by Crippen LogP contribution is -2.07. The molecular weight excluding hydrogens is 463 g/mol. The van der Waals surface area contributed by atoms with Crippen molar-refractivity contribution in [2.45, 2.75) is 64.7 Å². The zero-order valence-corrected chi connectivity index (χ0v) is 22.0. The fourth-order valence-corrected chi connectivity index (χ4v) is 4.57. The predicted octanol–water partition coefficient (Wildman–Crippen LogP) is 7.21. The van der Waals surface area contributed by atoms with E-state index in [4.69, 9.17) is 9.84 Å². The molecule has 0 bridgehead atoms. The molecule has 4 heteroatoms. The van der Waals surface area contributed by atoms with E-state index in [1.807, 2.05) is 36.4 Å². The molecule has 0 fully saturated rings. The van der Waals surface area contributed by atoms with E-state index >= 15 is 4.39 Å². The van der Waals surface area contributed by atoms with Gasteiger partial charge in [0, 0.05) is 24.7 Å². The Hall–Kier alpha value is -3.24. The summed E-state index contributed by atoms with van der Waals surface area (Å²) in [6.07, 6.45) is 9.51. The number of hydrogen-bond donors (Lipinski definition) is 1. The summed E-state index contributed by atoms with van der Waals surface area (Å²) in [7, 11) is 0. The van der Waals surface area contributed by atoms with Gasteiger partial charge in [-0.1, -0.05) is 80.9 Å². The van der Waals surface area contributed by atoms with Gasteiger partial charge in [0.15, 0.2) is 0 Å². The van der Waals surface area contributed by atoms with Crippen LogP contribution in [0.25, 0.3) is 11.1 Å². The van der Waals surface area contributed by atoms with Gasteiger partial charge in [-0.3, -0.25) is 0 Å². The number of benzene rings is 3. The SMILES string of the molecule is C=CC(=O)OCCc1cc(CCCCC)ccc1CCc1ccc(-c2ccc(CCCO)cc2)c(F)c1. The Morgan fingerprint density at radius 1 is 0.838 bits per heavy atom. The Balaban J connectivity index is 1.68. The van der Waals surface area contributed by atoms with Gasteiger partial charge in [-0.15, -0.1) is 0 Å². The van der Waals surface area contributed by atoms with Crippen molar-refractivity contribution in [1.82, 2.24) is 0 Å². The molecule has 0 saturated heterocycles. The summed E-state index contributed by atoms with van der Waals surface area (Å²) >= 11 is 0. The minimum absolute atomic E-state index is 0.172. The van der Waals surface area contributed by atoms with Gasteiger partial charge in [0.25, 0.3) is 0 Å². The van der Waals surface area contributed by atoms with Crippen LogP contribution in [0, 0.1) is 5.82 Å². The maximum absolute atomic E-state index is 15.0. The van der Waals surface area contributed by atoms with Crippen molar-refractivity contribution >= 4 is 5.97 Å². The van der Waals surface area contributed by atoms with Gasteiger partial charge in [-0.2, -0.15) is 0 Å². The van der Waals surface area contributed by atoms with Crippen LogP contribution in [0.15, 0.2) is 73.3 Å². The van der Waals surface area contributed by atoms with Crippen LogP contribution in [0.5, 0.6) is 0 Å². The zero-order chi connectivity index (χ0) is 26.5. The highest BCUT2D eigenvalue weighted by Gasteiger charge is 2.10. The van der Waals surface area contributed by atoms with Crippen molar-refractivity contribution in [3.63, 3.8) is 0 Å². The molecule has 0 aliphatic carbocycles. The molecule has 0 aromatic heterocycles. The molecule has 3 rings (SSSR count). The van der Waals surface area contributed by atoms with Gasteiger partial charge in [-0.25, -0.2) is 9.18 Å². The summed E-state index contributed by atoms with van der Waals surface area (Å²) in [5.41, 5.74) is 7.24. The number of unbranched alkanes of at least 4 members (excludes halogenated alkanes) is 2. The van der Waals surface area contributed by atoms with Crippen molar-refractivity contribution in [2.24, 2.45) is 0 Å². The van der Waals surface area contributed by atoms with Crippen LogP contribution in [0.1, 0.15) is 60.4 Å². The number of ether oxygens (including phenoxy) is 1. The molecule has 0 atom stereocenters. The Morgan fingerprint density at radius 3 is 2.24 bits per heavy atom. The number of aliphatic hydroxyl groups excluding tert-OH is 1. The maximum atomic E-state index is 15.0. The lowest BCUT2D eigenvalue weighted by molar-refractivity contribution is -0.137. The second-order valence-corrected chi connectivity index (χ2v) is 9.52. The van der Waals surface area contributed by atoms with Crippen molar-refractivity contribution < 1.29 is 19.0 Å². The van der Waals surface area contributed by atoms with Gasteiger partial charge in [0.1, 0.15) is 5.82 Å². The first-order valence-electron chi connectivity index (χ1n) is 13.4. The summed E-state index contributed by atoms with van der Waals surface area (Å²) in [6, 6.07) is 20.0. The quantitative estimate of drug-likeness (QED) is 0.136. The van der Waals surface area contributed by atoms with Crippen molar-refractivity contribution in [3.8, 4) is 11.1 Å². The molecule has 0 aliphatic heterocycles. The Bertz CT molecular complexity index is 1150. The third kappa shape index (κ3) is 8.98.